The molecule has 0 radical (unpaired) electrons. The Labute approximate surface area is 189 Å². The highest BCUT2D eigenvalue weighted by molar-refractivity contribution is 7.90. The van der Waals surface area contributed by atoms with Gasteiger partial charge in [0.05, 0.1) is 12.1 Å². The Bertz CT molecular complexity index is 1080. The van der Waals surface area contributed by atoms with Crippen LogP contribution in [0, 0.1) is 0 Å². The fourth-order valence-corrected chi connectivity index (χ4v) is 5.87. The van der Waals surface area contributed by atoms with Crippen molar-refractivity contribution in [2.45, 2.75) is 31.4 Å². The van der Waals surface area contributed by atoms with Crippen molar-refractivity contribution in [1.29, 1.82) is 0 Å². The summed E-state index contributed by atoms with van der Waals surface area (Å²) in [6.07, 6.45) is -3.07. The van der Waals surface area contributed by atoms with Gasteiger partial charge in [-0.3, -0.25) is 9.79 Å². The topological polar surface area (TPSA) is 70.0 Å². The molecule has 1 amide bonds. The van der Waals surface area contributed by atoms with Crippen LogP contribution in [0.5, 0.6) is 0 Å². The van der Waals surface area contributed by atoms with Gasteiger partial charge < -0.3 is 4.90 Å². The summed E-state index contributed by atoms with van der Waals surface area (Å²) in [6, 6.07) is 5.59. The second-order valence-corrected chi connectivity index (χ2v) is 10.8. The Morgan fingerprint density at radius 1 is 1.16 bits per heavy atom. The summed E-state index contributed by atoms with van der Waals surface area (Å²) in [7, 11) is -3.60. The molecule has 0 N–H and O–H groups in total. The lowest BCUT2D eigenvalue weighted by Gasteiger charge is -2.34. The van der Waals surface area contributed by atoms with E-state index in [1.807, 2.05) is 0 Å². The first-order valence-corrected chi connectivity index (χ1v) is 12.5. The lowest BCUT2D eigenvalue weighted by molar-refractivity contribution is -0.138. The normalized spacial score (nSPS) is 21.0. The highest BCUT2D eigenvalue weighted by Gasteiger charge is 2.38. The number of alkyl halides is 4. The van der Waals surface area contributed by atoms with Crippen LogP contribution >= 0.6 is 11.6 Å². The van der Waals surface area contributed by atoms with E-state index in [4.69, 9.17) is 11.6 Å². The summed E-state index contributed by atoms with van der Waals surface area (Å²) in [5, 5.41) is -0.525. The maximum absolute atomic E-state index is 13.4. The average Bonchev–Trinajstić information content (AvgIpc) is 3.21. The smallest absolute Gasteiger partial charge is 0.337 e. The lowest BCUT2D eigenvalue weighted by Crippen LogP contribution is -2.44. The van der Waals surface area contributed by atoms with Gasteiger partial charge in [0.25, 0.3) is 5.91 Å². The van der Waals surface area contributed by atoms with Crippen LogP contribution in [-0.4, -0.2) is 67.2 Å². The molecule has 6 nitrogen and oxygen atoms in total. The van der Waals surface area contributed by atoms with E-state index in [9.17, 15) is 26.4 Å². The van der Waals surface area contributed by atoms with Crippen molar-refractivity contribution >= 4 is 33.2 Å². The van der Waals surface area contributed by atoms with Gasteiger partial charge in [-0.05, 0) is 48.0 Å². The van der Waals surface area contributed by atoms with E-state index in [0.29, 0.717) is 51.0 Å². The van der Waals surface area contributed by atoms with Gasteiger partial charge in [0.15, 0.2) is 0 Å². The number of sulfonamides is 1. The Kier molecular flexibility index (Phi) is 6.39. The monoisotopic (exact) mass is 489 g/mol. The zero-order valence-corrected chi connectivity index (χ0v) is 18.8. The summed E-state index contributed by atoms with van der Waals surface area (Å²) in [6.45, 7) is 1.40. The van der Waals surface area contributed by atoms with E-state index in [0.717, 1.165) is 11.6 Å². The van der Waals surface area contributed by atoms with Crippen molar-refractivity contribution in [1.82, 2.24) is 9.21 Å². The number of rotatable bonds is 4. The average molecular weight is 490 g/mol. The van der Waals surface area contributed by atoms with Gasteiger partial charge in [-0.1, -0.05) is 18.2 Å². The van der Waals surface area contributed by atoms with Crippen LogP contribution in [-0.2, 0) is 21.0 Å². The Balaban J connectivity index is 1.44. The summed E-state index contributed by atoms with van der Waals surface area (Å²) in [4.78, 5) is 19.1. The Morgan fingerprint density at radius 2 is 1.84 bits per heavy atom. The first-order valence-electron chi connectivity index (χ1n) is 10.4. The van der Waals surface area contributed by atoms with E-state index in [1.54, 1.807) is 11.0 Å². The molecule has 0 bridgehead atoms. The molecule has 0 spiro atoms. The van der Waals surface area contributed by atoms with Crippen molar-refractivity contribution in [2.75, 3.05) is 37.9 Å². The van der Waals surface area contributed by atoms with E-state index in [1.165, 1.54) is 16.4 Å². The first kappa shape index (κ1) is 23.3. The van der Waals surface area contributed by atoms with E-state index in [-0.39, 0.29) is 29.6 Å². The van der Waals surface area contributed by atoms with Crippen LogP contribution < -0.4 is 0 Å². The number of aliphatic imine (C=N–C) groups is 1. The minimum atomic E-state index is -4.42. The summed E-state index contributed by atoms with van der Waals surface area (Å²) >= 11 is 5.57. The van der Waals surface area contributed by atoms with Crippen molar-refractivity contribution in [3.63, 3.8) is 0 Å². The molecule has 1 saturated heterocycles. The molecule has 1 aromatic carbocycles. The fraction of sp³-hybridized carbons (Fsp3) is 0.524. The molecular weight excluding hydrogens is 467 g/mol. The highest BCUT2D eigenvalue weighted by atomic mass is 35.5. The van der Waals surface area contributed by atoms with Crippen LogP contribution in [0.2, 0.25) is 0 Å². The highest BCUT2D eigenvalue weighted by Crippen LogP contribution is 2.39. The number of halogens is 4. The molecule has 1 aromatic rings. The van der Waals surface area contributed by atoms with E-state index >= 15 is 0 Å². The Hall–Kier alpha value is -1.91. The molecule has 11 heteroatoms. The lowest BCUT2D eigenvalue weighted by atomic mass is 9.86. The third-order valence-corrected chi connectivity index (χ3v) is 8.56. The second-order valence-electron chi connectivity index (χ2n) is 8.20. The number of carbonyl (C=O) groups is 1. The summed E-state index contributed by atoms with van der Waals surface area (Å²) in [5.41, 5.74) is 1.51. The molecule has 0 saturated carbocycles. The summed E-state index contributed by atoms with van der Waals surface area (Å²) < 4.78 is 65.7. The number of carbonyl (C=O) groups excluding carboxylic acids is 1. The predicted molar refractivity (Wildman–Crippen MR) is 115 cm³/mol. The zero-order valence-electron chi connectivity index (χ0n) is 17.2. The fourth-order valence-electron chi connectivity index (χ4n) is 4.62. The van der Waals surface area contributed by atoms with Gasteiger partial charge in [-0.2, -0.15) is 17.5 Å². The third kappa shape index (κ3) is 4.45. The van der Waals surface area contributed by atoms with Crippen molar-refractivity contribution in [3.8, 4) is 0 Å². The zero-order chi connectivity index (χ0) is 23.1. The van der Waals surface area contributed by atoms with Gasteiger partial charge in [0.2, 0.25) is 10.0 Å². The second kappa shape index (κ2) is 8.79. The van der Waals surface area contributed by atoms with Gasteiger partial charge in [-0.25, -0.2) is 8.42 Å². The maximum atomic E-state index is 13.4. The molecule has 3 heterocycles. The number of nitrogens with zero attached hydrogens (tertiary/aromatic N) is 3. The number of hydrogen-bond donors (Lipinski definition) is 0. The minimum absolute atomic E-state index is 0.0738. The molecule has 4 rings (SSSR count). The number of piperidine rings is 1. The molecule has 32 heavy (non-hydrogen) atoms. The van der Waals surface area contributed by atoms with Crippen LogP contribution in [0.25, 0.3) is 0 Å². The van der Waals surface area contributed by atoms with Crippen LogP contribution in [0.1, 0.15) is 36.3 Å². The summed E-state index contributed by atoms with van der Waals surface area (Å²) in [5.74, 6) is -0.570. The first-order chi connectivity index (χ1) is 15.1. The minimum Gasteiger partial charge on any atom is -0.337 e. The SMILES string of the molecule is O=C(C1=NCC2=C1CN(S(=O)(=O)CCl)CC2)N1CCC(c2ccccc2C(F)(F)F)CC1. The number of amides is 1. The standard InChI is InChI=1S/C21H23ClF3N3O3S/c22-13-32(30,31)28-10-7-15-11-26-19(17(15)12-28)20(29)27-8-5-14(6-9-27)16-3-1-2-4-18(16)21(23,24)25/h1-4,14H,5-13H2. The molecule has 3 aliphatic rings. The maximum Gasteiger partial charge on any atom is 0.416 e. The van der Waals surface area contributed by atoms with Gasteiger partial charge in [0.1, 0.15) is 10.9 Å². The molecule has 1 fully saturated rings. The third-order valence-electron chi connectivity index (χ3n) is 6.36. The van der Waals surface area contributed by atoms with Crippen molar-refractivity contribution in [2.24, 2.45) is 4.99 Å². The molecule has 0 aliphatic carbocycles. The van der Waals surface area contributed by atoms with E-state index in [2.05, 4.69) is 4.99 Å². The van der Waals surface area contributed by atoms with Gasteiger partial charge >= 0.3 is 6.18 Å². The number of likely N-dealkylation sites (tertiary alicyclic amines) is 1. The van der Waals surface area contributed by atoms with Crippen LogP contribution in [0.15, 0.2) is 40.4 Å². The molecule has 0 unspecified atom stereocenters. The molecule has 0 aromatic heterocycles. The Morgan fingerprint density at radius 3 is 2.50 bits per heavy atom. The van der Waals surface area contributed by atoms with Crippen LogP contribution in [0.3, 0.4) is 0 Å². The van der Waals surface area contributed by atoms with Gasteiger partial charge in [-0.15, -0.1) is 11.6 Å². The number of benzene rings is 1. The molecule has 174 valence electrons. The molecule has 0 atom stereocenters. The molecule has 3 aliphatic heterocycles. The molecular formula is C21H23ClF3N3O3S. The quantitative estimate of drug-likeness (QED) is 0.609. The van der Waals surface area contributed by atoms with Crippen LogP contribution in [0.4, 0.5) is 13.2 Å². The van der Waals surface area contributed by atoms with Crippen molar-refractivity contribution in [3.05, 3.63) is 46.5 Å². The van der Waals surface area contributed by atoms with E-state index < -0.39 is 27.0 Å². The van der Waals surface area contributed by atoms with Gasteiger partial charge in [0, 0.05) is 26.2 Å². The number of hydrogen-bond acceptors (Lipinski definition) is 4. The predicted octanol–water partition coefficient (Wildman–Crippen LogP) is 3.39. The largest absolute Gasteiger partial charge is 0.416 e. The van der Waals surface area contributed by atoms with Crippen molar-refractivity contribution < 1.29 is 26.4 Å².